The molecule has 0 aliphatic heterocycles. The van der Waals surface area contributed by atoms with E-state index in [-0.39, 0.29) is 11.6 Å². The lowest BCUT2D eigenvalue weighted by atomic mass is 10.1. The average Bonchev–Trinajstić information content (AvgIpc) is 2.31. The number of hydrogen-bond acceptors (Lipinski definition) is 4. The molecule has 1 aromatic rings. The molecule has 118 valence electrons. The summed E-state index contributed by atoms with van der Waals surface area (Å²) in [6.07, 6.45) is 1.03. The van der Waals surface area contributed by atoms with E-state index in [2.05, 4.69) is 5.32 Å². The van der Waals surface area contributed by atoms with Crippen LogP contribution in [0.2, 0.25) is 0 Å². The van der Waals surface area contributed by atoms with E-state index < -0.39 is 11.4 Å². The van der Waals surface area contributed by atoms with Crippen LogP contribution in [0.15, 0.2) is 18.2 Å². The molecule has 1 amide bonds. The maximum absolute atomic E-state index is 13.0. The molecule has 0 unspecified atom stereocenters. The molecule has 0 aromatic heterocycles. The molecule has 0 radical (unpaired) electrons. The molecule has 1 aromatic carbocycles. The van der Waals surface area contributed by atoms with Crippen molar-refractivity contribution >= 4 is 17.3 Å². The maximum Gasteiger partial charge on any atom is 0.224 e. The Labute approximate surface area is 124 Å². The van der Waals surface area contributed by atoms with Crippen LogP contribution in [0.4, 0.5) is 15.8 Å². The molecule has 0 spiro atoms. The second-order valence-electron chi connectivity index (χ2n) is 5.94. The number of carbonyl (C=O) groups excluding carboxylic acids is 1. The number of nitrogens with one attached hydrogen (secondary N) is 1. The third-order valence-electron chi connectivity index (χ3n) is 2.88. The van der Waals surface area contributed by atoms with Crippen molar-refractivity contribution in [1.82, 2.24) is 4.90 Å². The summed E-state index contributed by atoms with van der Waals surface area (Å²) in [6, 6.07) is 4.10. The monoisotopic (exact) mass is 297 g/mol. The predicted octanol–water partition coefficient (Wildman–Crippen LogP) is 1.83. The molecule has 6 heteroatoms. The lowest BCUT2D eigenvalue weighted by molar-refractivity contribution is -0.116. The van der Waals surface area contributed by atoms with Gasteiger partial charge in [-0.3, -0.25) is 4.79 Å². The molecule has 0 saturated carbocycles. The molecule has 0 fully saturated rings. The van der Waals surface area contributed by atoms with E-state index in [1.54, 1.807) is 13.8 Å². The van der Waals surface area contributed by atoms with E-state index in [1.165, 1.54) is 18.2 Å². The van der Waals surface area contributed by atoms with E-state index in [0.717, 1.165) is 0 Å². The van der Waals surface area contributed by atoms with Crippen LogP contribution >= 0.6 is 0 Å². The van der Waals surface area contributed by atoms with Crippen LogP contribution in [0.5, 0.6) is 0 Å². The fraction of sp³-hybridized carbons (Fsp3) is 0.533. The second-order valence-corrected chi connectivity index (χ2v) is 5.94. The highest BCUT2D eigenvalue weighted by atomic mass is 19.1. The number of anilines is 2. The third kappa shape index (κ3) is 7.06. The molecular formula is C15H24FN3O2. The van der Waals surface area contributed by atoms with Crippen molar-refractivity contribution in [3.05, 3.63) is 24.0 Å². The Morgan fingerprint density at radius 1 is 1.48 bits per heavy atom. The number of amides is 1. The van der Waals surface area contributed by atoms with Crippen LogP contribution in [0.1, 0.15) is 26.7 Å². The zero-order chi connectivity index (χ0) is 16.0. The summed E-state index contributed by atoms with van der Waals surface area (Å²) in [5, 5.41) is 12.4. The van der Waals surface area contributed by atoms with E-state index in [9.17, 15) is 14.3 Å². The molecule has 0 heterocycles. The van der Waals surface area contributed by atoms with Gasteiger partial charge in [0.25, 0.3) is 0 Å². The predicted molar refractivity (Wildman–Crippen MR) is 82.5 cm³/mol. The highest BCUT2D eigenvalue weighted by molar-refractivity contribution is 5.91. The first-order chi connectivity index (χ1) is 9.67. The minimum absolute atomic E-state index is 0.0118. The fourth-order valence-corrected chi connectivity index (χ4v) is 2.09. The summed E-state index contributed by atoms with van der Waals surface area (Å²) in [6.45, 7) is 4.75. The van der Waals surface area contributed by atoms with Crippen molar-refractivity contribution in [1.29, 1.82) is 0 Å². The van der Waals surface area contributed by atoms with E-state index in [4.69, 9.17) is 5.73 Å². The van der Waals surface area contributed by atoms with Gasteiger partial charge in [0.2, 0.25) is 5.91 Å². The molecular weight excluding hydrogens is 273 g/mol. The summed E-state index contributed by atoms with van der Waals surface area (Å²) in [7, 11) is 1.90. The number of rotatable bonds is 7. The number of nitrogens with zero attached hydrogens (tertiary/aromatic N) is 1. The van der Waals surface area contributed by atoms with Crippen molar-refractivity contribution < 1.29 is 14.3 Å². The van der Waals surface area contributed by atoms with Gasteiger partial charge < -0.3 is 21.1 Å². The molecule has 0 aliphatic carbocycles. The smallest absolute Gasteiger partial charge is 0.224 e. The first-order valence-corrected chi connectivity index (χ1v) is 6.93. The zero-order valence-electron chi connectivity index (χ0n) is 12.8. The molecule has 0 atom stereocenters. The summed E-state index contributed by atoms with van der Waals surface area (Å²) in [5.74, 6) is -0.640. The molecule has 0 bridgehead atoms. The van der Waals surface area contributed by atoms with Gasteiger partial charge in [-0.15, -0.1) is 0 Å². The van der Waals surface area contributed by atoms with Gasteiger partial charge in [-0.2, -0.15) is 0 Å². The maximum atomic E-state index is 13.0. The van der Waals surface area contributed by atoms with Gasteiger partial charge in [-0.25, -0.2) is 4.39 Å². The van der Waals surface area contributed by atoms with Gasteiger partial charge in [-0.1, -0.05) is 0 Å². The standard InChI is InChI=1S/C15H24FN3O2/c1-15(2,21)10-19(3)8-4-5-14(20)18-11-6-7-12(16)13(17)9-11/h6-7,9,21H,4-5,8,10,17H2,1-3H3,(H,18,20). The number of nitrogen functional groups attached to an aromatic ring is 1. The summed E-state index contributed by atoms with van der Waals surface area (Å²) in [5.41, 5.74) is 5.19. The van der Waals surface area contributed by atoms with E-state index >= 15 is 0 Å². The molecule has 0 saturated heterocycles. The summed E-state index contributed by atoms with van der Waals surface area (Å²) >= 11 is 0. The van der Waals surface area contributed by atoms with Crippen LogP contribution in [0.25, 0.3) is 0 Å². The largest absolute Gasteiger partial charge is 0.396 e. The van der Waals surface area contributed by atoms with Crippen LogP contribution < -0.4 is 11.1 Å². The van der Waals surface area contributed by atoms with Gasteiger partial charge in [0.1, 0.15) is 5.82 Å². The molecule has 0 aliphatic rings. The number of nitrogens with two attached hydrogens (primary N) is 1. The molecule has 4 N–H and O–H groups in total. The van der Waals surface area contributed by atoms with Crippen molar-refractivity contribution in [2.24, 2.45) is 0 Å². The Kier molecular flexibility index (Phi) is 6.11. The van der Waals surface area contributed by atoms with E-state index in [1.807, 2.05) is 11.9 Å². The van der Waals surface area contributed by atoms with Crippen molar-refractivity contribution in [3.63, 3.8) is 0 Å². The van der Waals surface area contributed by atoms with Gasteiger partial charge in [0.05, 0.1) is 11.3 Å². The minimum atomic E-state index is -0.747. The number of hydrogen-bond donors (Lipinski definition) is 3. The topological polar surface area (TPSA) is 78.6 Å². The second kappa shape index (κ2) is 7.38. The van der Waals surface area contributed by atoms with Crippen LogP contribution in [0.3, 0.4) is 0 Å². The van der Waals surface area contributed by atoms with Gasteiger partial charge in [0.15, 0.2) is 0 Å². The summed E-state index contributed by atoms with van der Waals surface area (Å²) < 4.78 is 13.0. The Morgan fingerprint density at radius 2 is 2.14 bits per heavy atom. The van der Waals surface area contributed by atoms with Crippen LogP contribution in [-0.2, 0) is 4.79 Å². The number of aliphatic hydroxyl groups is 1. The minimum Gasteiger partial charge on any atom is -0.396 e. The quantitative estimate of drug-likeness (QED) is 0.671. The van der Waals surface area contributed by atoms with Crippen LogP contribution in [0, 0.1) is 5.82 Å². The number of carbonyl (C=O) groups is 1. The molecule has 21 heavy (non-hydrogen) atoms. The van der Waals surface area contributed by atoms with Crippen molar-refractivity contribution in [2.45, 2.75) is 32.3 Å². The molecule has 1 rings (SSSR count). The van der Waals surface area contributed by atoms with Gasteiger partial charge >= 0.3 is 0 Å². The SMILES string of the molecule is CN(CCCC(=O)Nc1ccc(F)c(N)c1)CC(C)(C)O. The number of likely N-dealkylation sites (N-methyl/N-ethyl adjacent to an activating group) is 1. The number of benzene rings is 1. The fourth-order valence-electron chi connectivity index (χ4n) is 2.09. The zero-order valence-corrected chi connectivity index (χ0v) is 12.8. The van der Waals surface area contributed by atoms with Crippen molar-refractivity contribution in [3.8, 4) is 0 Å². The third-order valence-corrected chi connectivity index (χ3v) is 2.88. The lowest BCUT2D eigenvalue weighted by Crippen LogP contribution is -2.36. The highest BCUT2D eigenvalue weighted by Gasteiger charge is 2.15. The highest BCUT2D eigenvalue weighted by Crippen LogP contribution is 2.16. The molecule has 5 nitrogen and oxygen atoms in total. The first kappa shape index (κ1) is 17.4. The Balaban J connectivity index is 2.33. The first-order valence-electron chi connectivity index (χ1n) is 6.93. The Morgan fingerprint density at radius 3 is 2.71 bits per heavy atom. The Bertz CT molecular complexity index is 486. The normalized spacial score (nSPS) is 11.7. The lowest BCUT2D eigenvalue weighted by Gasteiger charge is -2.25. The van der Waals surface area contributed by atoms with Crippen LogP contribution in [-0.4, -0.2) is 41.7 Å². The van der Waals surface area contributed by atoms with Gasteiger partial charge in [-0.05, 0) is 52.1 Å². The summed E-state index contributed by atoms with van der Waals surface area (Å²) in [4.78, 5) is 13.7. The number of halogens is 1. The average molecular weight is 297 g/mol. The van der Waals surface area contributed by atoms with Crippen molar-refractivity contribution in [2.75, 3.05) is 31.2 Å². The van der Waals surface area contributed by atoms with E-state index in [0.29, 0.717) is 31.6 Å². The van der Waals surface area contributed by atoms with Gasteiger partial charge in [0, 0.05) is 18.7 Å². The Hall–Kier alpha value is -1.66.